The molecular formula is C12H12FN3O. The van der Waals surface area contributed by atoms with Gasteiger partial charge >= 0.3 is 0 Å². The van der Waals surface area contributed by atoms with Crippen molar-refractivity contribution >= 4 is 5.82 Å². The Morgan fingerprint density at radius 1 is 1.18 bits per heavy atom. The largest absolute Gasteiger partial charge is 0.484 e. The van der Waals surface area contributed by atoms with E-state index in [1.165, 1.54) is 6.07 Å². The SMILES string of the molecule is NNc1cccc(COc2ccccc2F)n1. The van der Waals surface area contributed by atoms with E-state index < -0.39 is 0 Å². The van der Waals surface area contributed by atoms with E-state index in [9.17, 15) is 4.39 Å². The Morgan fingerprint density at radius 2 is 2.00 bits per heavy atom. The number of hydrogen-bond donors (Lipinski definition) is 2. The molecule has 0 aliphatic heterocycles. The summed E-state index contributed by atoms with van der Waals surface area (Å²) in [6.07, 6.45) is 0. The molecule has 2 aromatic rings. The second kappa shape index (κ2) is 5.27. The second-order valence-corrected chi connectivity index (χ2v) is 3.38. The summed E-state index contributed by atoms with van der Waals surface area (Å²) >= 11 is 0. The van der Waals surface area contributed by atoms with E-state index in [-0.39, 0.29) is 18.2 Å². The lowest BCUT2D eigenvalue weighted by molar-refractivity contribution is 0.286. The molecule has 0 aliphatic carbocycles. The number of aromatic nitrogens is 1. The van der Waals surface area contributed by atoms with Crippen molar-refractivity contribution < 1.29 is 9.13 Å². The minimum atomic E-state index is -0.388. The lowest BCUT2D eigenvalue weighted by Crippen LogP contribution is -2.09. The Hall–Kier alpha value is -2.14. The topological polar surface area (TPSA) is 60.2 Å². The van der Waals surface area contributed by atoms with Crippen molar-refractivity contribution in [2.24, 2.45) is 5.84 Å². The predicted molar refractivity (Wildman–Crippen MR) is 62.8 cm³/mol. The Balaban J connectivity index is 2.05. The van der Waals surface area contributed by atoms with Crippen LogP contribution in [-0.2, 0) is 6.61 Å². The summed E-state index contributed by atoms with van der Waals surface area (Å²) < 4.78 is 18.6. The standard InChI is InChI=1S/C12H12FN3O/c13-10-5-1-2-6-11(10)17-8-9-4-3-7-12(15-9)16-14/h1-7H,8,14H2,(H,15,16). The molecule has 1 heterocycles. The van der Waals surface area contributed by atoms with Crippen LogP contribution in [0.4, 0.5) is 10.2 Å². The van der Waals surface area contributed by atoms with Crippen molar-refractivity contribution in [1.82, 2.24) is 4.98 Å². The molecule has 0 spiro atoms. The Bertz CT molecular complexity index is 505. The maximum atomic E-state index is 13.3. The molecule has 88 valence electrons. The maximum Gasteiger partial charge on any atom is 0.165 e. The lowest BCUT2D eigenvalue weighted by Gasteiger charge is -2.07. The minimum Gasteiger partial charge on any atom is -0.484 e. The van der Waals surface area contributed by atoms with Crippen LogP contribution in [0.3, 0.4) is 0 Å². The van der Waals surface area contributed by atoms with Gasteiger partial charge < -0.3 is 10.2 Å². The third-order valence-electron chi connectivity index (χ3n) is 2.17. The normalized spacial score (nSPS) is 10.0. The van der Waals surface area contributed by atoms with Gasteiger partial charge in [-0.1, -0.05) is 18.2 Å². The van der Waals surface area contributed by atoms with E-state index in [0.29, 0.717) is 11.5 Å². The number of pyridine rings is 1. The highest BCUT2D eigenvalue weighted by molar-refractivity contribution is 5.33. The molecule has 3 N–H and O–H groups in total. The molecule has 0 bridgehead atoms. The number of ether oxygens (including phenoxy) is 1. The first-order chi connectivity index (χ1) is 8.29. The summed E-state index contributed by atoms with van der Waals surface area (Å²) in [5.74, 6) is 5.60. The van der Waals surface area contributed by atoms with E-state index in [2.05, 4.69) is 10.4 Å². The fourth-order valence-electron chi connectivity index (χ4n) is 1.35. The van der Waals surface area contributed by atoms with Crippen LogP contribution < -0.4 is 16.0 Å². The van der Waals surface area contributed by atoms with Gasteiger partial charge in [-0.15, -0.1) is 0 Å². The third-order valence-corrected chi connectivity index (χ3v) is 2.17. The van der Waals surface area contributed by atoms with Crippen LogP contribution in [0.25, 0.3) is 0 Å². The van der Waals surface area contributed by atoms with Crippen LogP contribution in [-0.4, -0.2) is 4.98 Å². The summed E-state index contributed by atoms with van der Waals surface area (Å²) in [5.41, 5.74) is 3.11. The smallest absolute Gasteiger partial charge is 0.165 e. The molecule has 0 saturated heterocycles. The molecule has 0 radical (unpaired) electrons. The van der Waals surface area contributed by atoms with Crippen LogP contribution >= 0.6 is 0 Å². The van der Waals surface area contributed by atoms with E-state index in [0.717, 1.165) is 0 Å². The third kappa shape index (κ3) is 2.92. The number of hydrazine groups is 1. The quantitative estimate of drug-likeness (QED) is 0.627. The van der Waals surface area contributed by atoms with Crippen LogP contribution in [0.5, 0.6) is 5.75 Å². The maximum absolute atomic E-state index is 13.3. The molecule has 0 fully saturated rings. The molecule has 0 atom stereocenters. The Morgan fingerprint density at radius 3 is 2.76 bits per heavy atom. The summed E-state index contributed by atoms with van der Waals surface area (Å²) in [6, 6.07) is 11.5. The zero-order chi connectivity index (χ0) is 12.1. The van der Waals surface area contributed by atoms with Gasteiger partial charge in [-0.3, -0.25) is 0 Å². The van der Waals surface area contributed by atoms with Crippen LogP contribution in [0.15, 0.2) is 42.5 Å². The first kappa shape index (κ1) is 11.3. The molecule has 0 aliphatic rings. The molecular weight excluding hydrogens is 221 g/mol. The summed E-state index contributed by atoms with van der Waals surface area (Å²) in [6.45, 7) is 0.191. The molecule has 0 amide bonds. The number of anilines is 1. The molecule has 1 aromatic carbocycles. The number of nitrogens with two attached hydrogens (primary N) is 1. The van der Waals surface area contributed by atoms with E-state index in [1.54, 1.807) is 36.4 Å². The molecule has 4 nitrogen and oxygen atoms in total. The van der Waals surface area contributed by atoms with Crippen LogP contribution in [0.1, 0.15) is 5.69 Å². The molecule has 17 heavy (non-hydrogen) atoms. The van der Waals surface area contributed by atoms with Crippen molar-refractivity contribution in [2.45, 2.75) is 6.61 Å². The van der Waals surface area contributed by atoms with Gasteiger partial charge in [0.25, 0.3) is 0 Å². The highest BCUT2D eigenvalue weighted by Gasteiger charge is 2.02. The van der Waals surface area contributed by atoms with Gasteiger partial charge in [-0.2, -0.15) is 0 Å². The monoisotopic (exact) mass is 233 g/mol. The zero-order valence-electron chi connectivity index (χ0n) is 9.06. The van der Waals surface area contributed by atoms with Gasteiger partial charge in [-0.05, 0) is 24.3 Å². The average molecular weight is 233 g/mol. The highest BCUT2D eigenvalue weighted by atomic mass is 19.1. The lowest BCUT2D eigenvalue weighted by atomic mass is 10.3. The van der Waals surface area contributed by atoms with E-state index in [4.69, 9.17) is 10.6 Å². The van der Waals surface area contributed by atoms with Gasteiger partial charge in [0.15, 0.2) is 11.6 Å². The van der Waals surface area contributed by atoms with E-state index >= 15 is 0 Å². The fraction of sp³-hybridized carbons (Fsp3) is 0.0833. The fourth-order valence-corrected chi connectivity index (χ4v) is 1.35. The molecule has 2 rings (SSSR count). The van der Waals surface area contributed by atoms with Gasteiger partial charge in [0.2, 0.25) is 0 Å². The first-order valence-electron chi connectivity index (χ1n) is 5.09. The van der Waals surface area contributed by atoms with Crippen LogP contribution in [0, 0.1) is 5.82 Å². The minimum absolute atomic E-state index is 0.191. The first-order valence-corrected chi connectivity index (χ1v) is 5.09. The van der Waals surface area contributed by atoms with E-state index in [1.807, 2.05) is 0 Å². The molecule has 5 heteroatoms. The number of hydrogen-bond acceptors (Lipinski definition) is 4. The summed E-state index contributed by atoms with van der Waals surface area (Å²) in [5, 5.41) is 0. The average Bonchev–Trinajstić information content (AvgIpc) is 2.38. The molecule has 1 aromatic heterocycles. The second-order valence-electron chi connectivity index (χ2n) is 3.38. The number of nitrogens with zero attached hydrogens (tertiary/aromatic N) is 1. The Labute approximate surface area is 98.2 Å². The number of rotatable bonds is 4. The van der Waals surface area contributed by atoms with Gasteiger partial charge in [0, 0.05) is 0 Å². The van der Waals surface area contributed by atoms with Crippen LogP contribution in [0.2, 0.25) is 0 Å². The number of halogens is 1. The van der Waals surface area contributed by atoms with Gasteiger partial charge in [0.05, 0.1) is 5.69 Å². The Kier molecular flexibility index (Phi) is 3.52. The van der Waals surface area contributed by atoms with Crippen molar-refractivity contribution in [3.05, 3.63) is 54.0 Å². The molecule has 0 unspecified atom stereocenters. The number of benzene rings is 1. The molecule has 0 saturated carbocycles. The van der Waals surface area contributed by atoms with Crippen molar-refractivity contribution in [3.63, 3.8) is 0 Å². The number of nitrogen functional groups attached to an aromatic ring is 1. The number of nitrogens with one attached hydrogen (secondary N) is 1. The summed E-state index contributed by atoms with van der Waals surface area (Å²) in [7, 11) is 0. The number of para-hydroxylation sites is 1. The summed E-state index contributed by atoms with van der Waals surface area (Å²) in [4.78, 5) is 4.15. The highest BCUT2D eigenvalue weighted by Crippen LogP contribution is 2.16. The van der Waals surface area contributed by atoms with Crippen molar-refractivity contribution in [1.29, 1.82) is 0 Å². The van der Waals surface area contributed by atoms with Gasteiger partial charge in [-0.25, -0.2) is 15.2 Å². The van der Waals surface area contributed by atoms with Crippen molar-refractivity contribution in [3.8, 4) is 5.75 Å². The van der Waals surface area contributed by atoms with Crippen molar-refractivity contribution in [2.75, 3.05) is 5.43 Å². The predicted octanol–water partition coefficient (Wildman–Crippen LogP) is 2.09. The zero-order valence-corrected chi connectivity index (χ0v) is 9.06. The van der Waals surface area contributed by atoms with Gasteiger partial charge in [0.1, 0.15) is 12.4 Å².